The molecule has 0 saturated heterocycles. The van der Waals surface area contributed by atoms with E-state index >= 15 is 4.39 Å². The summed E-state index contributed by atoms with van der Waals surface area (Å²) >= 11 is 1.77. The minimum absolute atomic E-state index is 0.150. The second kappa shape index (κ2) is 10.3. The van der Waals surface area contributed by atoms with Crippen LogP contribution in [-0.4, -0.2) is 44.4 Å². The van der Waals surface area contributed by atoms with Gasteiger partial charge in [-0.1, -0.05) is 6.92 Å². The van der Waals surface area contributed by atoms with Gasteiger partial charge >= 0.3 is 0 Å². The predicted molar refractivity (Wildman–Crippen MR) is 146 cm³/mol. The zero-order valence-corrected chi connectivity index (χ0v) is 22.3. The number of carbonyl (C=O) groups is 1. The fraction of sp³-hybridized carbons (Fsp3) is 0.481. The van der Waals surface area contributed by atoms with Crippen molar-refractivity contribution in [2.24, 2.45) is 23.5 Å². The molecule has 0 radical (unpaired) electrons. The van der Waals surface area contributed by atoms with E-state index in [0.717, 1.165) is 43.0 Å². The van der Waals surface area contributed by atoms with Gasteiger partial charge in [-0.05, 0) is 80.4 Å². The van der Waals surface area contributed by atoms with Crippen LogP contribution >= 0.6 is 11.8 Å². The standard InChI is InChI=1S/C27H34FN7OS/c1-4-19(30)22(14(2)29)16-7-8-21(32-26(16)28)33-27(36)25-23(15-5-6-15)17-13-18(17)24(34-25)20-9-10-31-35(20)11-12-37-3/h7-10,15,17,23,25,29,34H,4-6,11-13,30H2,1-3H3,(H,32,33,36)/b22-19+,29-14?/t17?,23?,25-/m0/s1. The first-order chi connectivity index (χ1) is 17.8. The van der Waals surface area contributed by atoms with Crippen molar-refractivity contribution in [3.8, 4) is 0 Å². The van der Waals surface area contributed by atoms with Crippen LogP contribution in [-0.2, 0) is 11.3 Å². The molecule has 3 atom stereocenters. The molecule has 2 aliphatic carbocycles. The first-order valence-electron chi connectivity index (χ1n) is 12.9. The van der Waals surface area contributed by atoms with Crippen LogP contribution in [0.5, 0.6) is 0 Å². The number of thioether (sulfide) groups is 1. The van der Waals surface area contributed by atoms with Crippen LogP contribution in [0.2, 0.25) is 0 Å². The Bertz CT molecular complexity index is 1300. The molecule has 2 unspecified atom stereocenters. The molecule has 1 amide bonds. The molecule has 5 N–H and O–H groups in total. The highest BCUT2D eigenvalue weighted by molar-refractivity contribution is 7.98. The zero-order chi connectivity index (χ0) is 26.3. The Kier molecular flexibility index (Phi) is 7.11. The Balaban J connectivity index is 1.38. The van der Waals surface area contributed by atoms with Crippen LogP contribution in [0.15, 0.2) is 35.7 Å². The van der Waals surface area contributed by atoms with E-state index in [9.17, 15) is 4.79 Å². The van der Waals surface area contributed by atoms with E-state index in [0.29, 0.717) is 29.5 Å². The van der Waals surface area contributed by atoms with Crippen LogP contribution in [0.25, 0.3) is 11.3 Å². The molecule has 37 heavy (non-hydrogen) atoms. The summed E-state index contributed by atoms with van der Waals surface area (Å²) in [5, 5.41) is 18.9. The van der Waals surface area contributed by atoms with Crippen LogP contribution < -0.4 is 16.4 Å². The molecule has 1 aliphatic heterocycles. The number of allylic oxidation sites excluding steroid dienone is 3. The van der Waals surface area contributed by atoms with Gasteiger partial charge in [-0.2, -0.15) is 21.3 Å². The molecule has 3 heterocycles. The van der Waals surface area contributed by atoms with Crippen LogP contribution in [0.4, 0.5) is 10.2 Å². The minimum atomic E-state index is -0.756. The van der Waals surface area contributed by atoms with Gasteiger partial charge in [0.25, 0.3) is 0 Å². The maximum atomic E-state index is 15.0. The Hall–Kier alpha value is -3.14. The van der Waals surface area contributed by atoms with Crippen molar-refractivity contribution in [3.05, 3.63) is 52.9 Å². The number of hydrogen-bond donors (Lipinski definition) is 4. The first-order valence-corrected chi connectivity index (χ1v) is 14.3. The third-order valence-corrected chi connectivity index (χ3v) is 8.16. The largest absolute Gasteiger partial charge is 0.401 e. The summed E-state index contributed by atoms with van der Waals surface area (Å²) in [6.45, 7) is 4.23. The number of hydrogen-bond acceptors (Lipinski definition) is 7. The summed E-state index contributed by atoms with van der Waals surface area (Å²) in [6, 6.07) is 4.69. The van der Waals surface area contributed by atoms with Crippen molar-refractivity contribution in [2.75, 3.05) is 17.3 Å². The average molecular weight is 524 g/mol. The number of fused-ring (bicyclic) bond motifs is 1. The summed E-state index contributed by atoms with van der Waals surface area (Å²) < 4.78 is 17.0. The normalized spacial score (nSPS) is 23.2. The topological polar surface area (TPSA) is 122 Å². The van der Waals surface area contributed by atoms with Gasteiger partial charge in [-0.3, -0.25) is 9.48 Å². The molecule has 3 aliphatic rings. The minimum Gasteiger partial charge on any atom is -0.401 e. The number of nitrogens with two attached hydrogens (primary N) is 1. The predicted octanol–water partition coefficient (Wildman–Crippen LogP) is 4.27. The molecule has 0 spiro atoms. The molecule has 8 nitrogen and oxygen atoms in total. The van der Waals surface area contributed by atoms with Crippen LogP contribution in [0, 0.1) is 29.1 Å². The average Bonchev–Trinajstić information content (AvgIpc) is 3.80. The van der Waals surface area contributed by atoms with E-state index in [1.165, 1.54) is 11.6 Å². The molecule has 0 bridgehead atoms. The SMILES string of the molecule is CC/C(N)=C(/C(C)=N)c1ccc(NC(=O)[C@H]2NC(c3ccnn3CCSC)=C3CC3C2C2CC2)nc1F. The number of aromatic nitrogens is 3. The number of halogens is 1. The van der Waals surface area contributed by atoms with Crippen LogP contribution in [0.1, 0.15) is 50.8 Å². The number of aryl methyl sites for hydroxylation is 1. The van der Waals surface area contributed by atoms with Gasteiger partial charge in [0.15, 0.2) is 0 Å². The summed E-state index contributed by atoms with van der Waals surface area (Å²) in [4.78, 5) is 17.6. The van der Waals surface area contributed by atoms with Gasteiger partial charge in [-0.15, -0.1) is 0 Å². The number of pyridine rings is 1. The lowest BCUT2D eigenvalue weighted by molar-refractivity contribution is -0.119. The van der Waals surface area contributed by atoms with Crippen molar-refractivity contribution >= 4 is 40.5 Å². The maximum absolute atomic E-state index is 15.0. The molecule has 2 fully saturated rings. The van der Waals surface area contributed by atoms with Crippen molar-refractivity contribution in [3.63, 3.8) is 0 Å². The molecular formula is C27H34FN7OS. The first kappa shape index (κ1) is 25.5. The molecule has 0 aromatic carbocycles. The van der Waals surface area contributed by atoms with Crippen molar-refractivity contribution in [1.82, 2.24) is 20.1 Å². The highest BCUT2D eigenvalue weighted by Gasteiger charge is 2.55. The molecular weight excluding hydrogens is 489 g/mol. The summed E-state index contributed by atoms with van der Waals surface area (Å²) in [5.41, 5.74) is 10.6. The lowest BCUT2D eigenvalue weighted by Crippen LogP contribution is -2.49. The zero-order valence-electron chi connectivity index (χ0n) is 21.5. The summed E-state index contributed by atoms with van der Waals surface area (Å²) in [7, 11) is 0. The Labute approximate surface area is 220 Å². The third-order valence-electron chi connectivity index (χ3n) is 7.57. The van der Waals surface area contributed by atoms with Crippen LogP contribution in [0.3, 0.4) is 0 Å². The third kappa shape index (κ3) is 5.03. The lowest BCUT2D eigenvalue weighted by atomic mass is 9.85. The van der Waals surface area contributed by atoms with Gasteiger partial charge in [0, 0.05) is 34.5 Å². The van der Waals surface area contributed by atoms with Gasteiger partial charge in [0.2, 0.25) is 11.9 Å². The number of rotatable bonds is 10. The molecule has 196 valence electrons. The van der Waals surface area contributed by atoms with E-state index < -0.39 is 12.0 Å². The number of anilines is 1. The highest BCUT2D eigenvalue weighted by atomic mass is 32.2. The Morgan fingerprint density at radius 3 is 2.78 bits per heavy atom. The quantitative estimate of drug-likeness (QED) is 0.273. The smallest absolute Gasteiger partial charge is 0.248 e. The van der Waals surface area contributed by atoms with Gasteiger partial charge in [-0.25, -0.2) is 4.98 Å². The van der Waals surface area contributed by atoms with E-state index in [1.807, 2.05) is 23.9 Å². The van der Waals surface area contributed by atoms with E-state index in [4.69, 9.17) is 11.1 Å². The lowest BCUT2D eigenvalue weighted by Gasteiger charge is -2.32. The van der Waals surface area contributed by atoms with Crippen molar-refractivity contribution in [2.45, 2.75) is 52.1 Å². The molecule has 2 aromatic heterocycles. The molecule has 10 heteroatoms. The highest BCUT2D eigenvalue weighted by Crippen LogP contribution is 2.58. The van der Waals surface area contributed by atoms with Gasteiger partial charge in [0.1, 0.15) is 11.9 Å². The second-order valence-corrected chi connectivity index (χ2v) is 11.1. The molecule has 2 aromatic rings. The maximum Gasteiger partial charge on any atom is 0.248 e. The number of nitrogens with one attached hydrogen (secondary N) is 3. The number of carbonyl (C=O) groups excluding carboxylic acids is 1. The summed E-state index contributed by atoms with van der Waals surface area (Å²) in [5.74, 6) is 1.30. The van der Waals surface area contributed by atoms with E-state index in [-0.39, 0.29) is 28.9 Å². The molecule has 2 saturated carbocycles. The fourth-order valence-electron chi connectivity index (χ4n) is 5.56. The Morgan fingerprint density at radius 2 is 2.14 bits per heavy atom. The van der Waals surface area contributed by atoms with E-state index in [1.54, 1.807) is 24.8 Å². The van der Waals surface area contributed by atoms with Crippen molar-refractivity contribution in [1.29, 1.82) is 5.41 Å². The fourth-order valence-corrected chi connectivity index (χ4v) is 5.91. The second-order valence-electron chi connectivity index (χ2n) is 10.1. The van der Waals surface area contributed by atoms with Gasteiger partial charge < -0.3 is 21.8 Å². The number of amides is 1. The number of nitrogens with zero attached hydrogens (tertiary/aromatic N) is 3. The van der Waals surface area contributed by atoms with E-state index in [2.05, 4.69) is 27.0 Å². The summed E-state index contributed by atoms with van der Waals surface area (Å²) in [6.07, 6.45) is 7.66. The molecule has 5 rings (SSSR count). The van der Waals surface area contributed by atoms with Gasteiger partial charge in [0.05, 0.1) is 17.9 Å². The van der Waals surface area contributed by atoms with Crippen molar-refractivity contribution < 1.29 is 9.18 Å². The Morgan fingerprint density at radius 1 is 1.35 bits per heavy atom. The monoisotopic (exact) mass is 523 g/mol.